The summed E-state index contributed by atoms with van der Waals surface area (Å²) in [7, 11) is 0. The first kappa shape index (κ1) is 14.5. The second-order valence-corrected chi connectivity index (χ2v) is 5.44. The summed E-state index contributed by atoms with van der Waals surface area (Å²) < 4.78 is 0. The number of carboxylic acids is 1. The number of amides is 1. The van der Waals surface area contributed by atoms with E-state index in [0.29, 0.717) is 18.4 Å². The van der Waals surface area contributed by atoms with Crippen molar-refractivity contribution >= 4 is 11.9 Å². The lowest BCUT2D eigenvalue weighted by Gasteiger charge is -2.29. The van der Waals surface area contributed by atoms with Gasteiger partial charge in [-0.15, -0.1) is 0 Å². The Bertz CT molecular complexity index is 488. The van der Waals surface area contributed by atoms with Gasteiger partial charge in [-0.3, -0.25) is 9.78 Å². The zero-order chi connectivity index (χ0) is 14.6. The van der Waals surface area contributed by atoms with Gasteiger partial charge in [0.25, 0.3) is 5.91 Å². The number of aliphatic carboxylic acids is 1. The van der Waals surface area contributed by atoms with Crippen LogP contribution in [0.15, 0.2) is 18.3 Å². The van der Waals surface area contributed by atoms with Crippen molar-refractivity contribution in [2.75, 3.05) is 0 Å². The molecule has 0 unspecified atom stereocenters. The van der Waals surface area contributed by atoms with Gasteiger partial charge in [0.1, 0.15) is 5.54 Å². The maximum atomic E-state index is 12.2. The van der Waals surface area contributed by atoms with Crippen molar-refractivity contribution in [3.63, 3.8) is 0 Å². The van der Waals surface area contributed by atoms with Gasteiger partial charge in [0.2, 0.25) is 0 Å². The SMILES string of the molecule is Cc1ccc(C(=O)NC2(C(=O)O)CCCCCC2)cn1. The highest BCUT2D eigenvalue weighted by atomic mass is 16.4. The minimum Gasteiger partial charge on any atom is -0.480 e. The van der Waals surface area contributed by atoms with Crippen LogP contribution >= 0.6 is 0 Å². The smallest absolute Gasteiger partial charge is 0.329 e. The van der Waals surface area contributed by atoms with Crippen LogP contribution in [-0.2, 0) is 4.79 Å². The van der Waals surface area contributed by atoms with Crippen LogP contribution in [0, 0.1) is 6.92 Å². The van der Waals surface area contributed by atoms with Crippen LogP contribution in [0.2, 0.25) is 0 Å². The summed E-state index contributed by atoms with van der Waals surface area (Å²) in [4.78, 5) is 27.9. The normalized spacial score (nSPS) is 18.1. The van der Waals surface area contributed by atoms with E-state index in [1.54, 1.807) is 12.1 Å². The summed E-state index contributed by atoms with van der Waals surface area (Å²) in [5.41, 5.74) is 0.0998. The molecule has 1 fully saturated rings. The molecular formula is C15H20N2O3. The Balaban J connectivity index is 2.17. The average Bonchev–Trinajstić information content (AvgIpc) is 2.66. The van der Waals surface area contributed by atoms with Crippen LogP contribution in [0.1, 0.15) is 54.6 Å². The molecule has 1 aromatic heterocycles. The third-order valence-electron chi connectivity index (χ3n) is 3.89. The summed E-state index contributed by atoms with van der Waals surface area (Å²) in [5.74, 6) is -1.30. The highest BCUT2D eigenvalue weighted by Gasteiger charge is 2.40. The number of aryl methyl sites for hydroxylation is 1. The van der Waals surface area contributed by atoms with Gasteiger partial charge < -0.3 is 10.4 Å². The maximum Gasteiger partial charge on any atom is 0.329 e. The van der Waals surface area contributed by atoms with E-state index in [1.807, 2.05) is 6.92 Å². The van der Waals surface area contributed by atoms with Gasteiger partial charge in [-0.1, -0.05) is 25.7 Å². The predicted molar refractivity (Wildman–Crippen MR) is 74.5 cm³/mol. The molecule has 2 N–H and O–H groups in total. The second kappa shape index (κ2) is 6.03. The number of nitrogens with one attached hydrogen (secondary N) is 1. The van der Waals surface area contributed by atoms with Crippen LogP contribution in [0.25, 0.3) is 0 Å². The van der Waals surface area contributed by atoms with Gasteiger partial charge in [0.05, 0.1) is 5.56 Å². The molecule has 5 nitrogen and oxygen atoms in total. The zero-order valence-electron chi connectivity index (χ0n) is 11.7. The summed E-state index contributed by atoms with van der Waals surface area (Å²) in [6.07, 6.45) is 6.18. The minimum atomic E-state index is -1.13. The van der Waals surface area contributed by atoms with E-state index >= 15 is 0 Å². The topological polar surface area (TPSA) is 79.3 Å². The Labute approximate surface area is 118 Å². The molecule has 20 heavy (non-hydrogen) atoms. The molecule has 1 aliphatic carbocycles. The fourth-order valence-corrected chi connectivity index (χ4v) is 2.62. The van der Waals surface area contributed by atoms with Crippen molar-refractivity contribution in [1.29, 1.82) is 0 Å². The Morgan fingerprint density at radius 1 is 1.20 bits per heavy atom. The molecule has 0 aliphatic heterocycles. The first-order valence-electron chi connectivity index (χ1n) is 7.02. The largest absolute Gasteiger partial charge is 0.480 e. The van der Waals surface area contributed by atoms with E-state index in [2.05, 4.69) is 10.3 Å². The maximum absolute atomic E-state index is 12.2. The first-order valence-corrected chi connectivity index (χ1v) is 7.02. The van der Waals surface area contributed by atoms with Crippen LogP contribution in [0.3, 0.4) is 0 Å². The molecule has 0 aromatic carbocycles. The predicted octanol–water partition coefficient (Wildman–Crippen LogP) is 2.30. The third-order valence-corrected chi connectivity index (χ3v) is 3.89. The van der Waals surface area contributed by atoms with E-state index < -0.39 is 11.5 Å². The van der Waals surface area contributed by atoms with Crippen molar-refractivity contribution in [3.05, 3.63) is 29.6 Å². The number of pyridine rings is 1. The lowest BCUT2D eigenvalue weighted by Crippen LogP contribution is -2.54. The van der Waals surface area contributed by atoms with Crippen LogP contribution in [-0.4, -0.2) is 27.5 Å². The van der Waals surface area contributed by atoms with Crippen molar-refractivity contribution in [2.45, 2.75) is 51.0 Å². The fraction of sp³-hybridized carbons (Fsp3) is 0.533. The number of hydrogen-bond acceptors (Lipinski definition) is 3. The Morgan fingerprint density at radius 3 is 2.35 bits per heavy atom. The summed E-state index contributed by atoms with van der Waals surface area (Å²) in [6, 6.07) is 3.42. The number of carboxylic acid groups (broad SMARTS) is 1. The molecule has 5 heteroatoms. The number of carbonyl (C=O) groups is 2. The van der Waals surface area contributed by atoms with Gasteiger partial charge in [-0.05, 0) is 31.9 Å². The molecule has 0 bridgehead atoms. The molecule has 0 radical (unpaired) electrons. The molecule has 108 valence electrons. The monoisotopic (exact) mass is 276 g/mol. The van der Waals surface area contributed by atoms with Gasteiger partial charge in [0, 0.05) is 11.9 Å². The Hall–Kier alpha value is -1.91. The van der Waals surface area contributed by atoms with E-state index in [0.717, 1.165) is 31.4 Å². The number of hydrogen-bond donors (Lipinski definition) is 2. The summed E-state index contributed by atoms with van der Waals surface area (Å²) >= 11 is 0. The first-order chi connectivity index (χ1) is 9.53. The lowest BCUT2D eigenvalue weighted by molar-refractivity contribution is -0.145. The summed E-state index contributed by atoms with van der Waals surface area (Å²) in [5, 5.41) is 12.3. The second-order valence-electron chi connectivity index (χ2n) is 5.44. The van der Waals surface area contributed by atoms with Crippen molar-refractivity contribution in [1.82, 2.24) is 10.3 Å². The molecule has 1 aromatic rings. The van der Waals surface area contributed by atoms with Crippen LogP contribution < -0.4 is 5.32 Å². The van der Waals surface area contributed by atoms with Crippen molar-refractivity contribution < 1.29 is 14.7 Å². The van der Waals surface area contributed by atoms with Crippen molar-refractivity contribution in [3.8, 4) is 0 Å². The lowest BCUT2D eigenvalue weighted by atomic mass is 9.90. The Morgan fingerprint density at radius 2 is 1.85 bits per heavy atom. The van der Waals surface area contributed by atoms with Gasteiger partial charge in [-0.25, -0.2) is 4.79 Å². The quantitative estimate of drug-likeness (QED) is 0.830. The molecule has 1 amide bonds. The van der Waals surface area contributed by atoms with E-state index in [9.17, 15) is 14.7 Å². The van der Waals surface area contributed by atoms with Gasteiger partial charge >= 0.3 is 5.97 Å². The number of carbonyl (C=O) groups excluding carboxylic acids is 1. The van der Waals surface area contributed by atoms with Gasteiger partial charge in [-0.2, -0.15) is 0 Å². The van der Waals surface area contributed by atoms with Gasteiger partial charge in [0.15, 0.2) is 0 Å². The molecule has 1 saturated carbocycles. The third kappa shape index (κ3) is 3.15. The molecule has 0 saturated heterocycles. The number of rotatable bonds is 3. The van der Waals surface area contributed by atoms with E-state index in [-0.39, 0.29) is 5.91 Å². The molecule has 2 rings (SSSR count). The number of aromatic nitrogens is 1. The summed E-state index contributed by atoms with van der Waals surface area (Å²) in [6.45, 7) is 1.84. The minimum absolute atomic E-state index is 0.359. The highest BCUT2D eigenvalue weighted by molar-refractivity contribution is 5.97. The molecule has 0 atom stereocenters. The molecule has 1 heterocycles. The highest BCUT2D eigenvalue weighted by Crippen LogP contribution is 2.27. The van der Waals surface area contributed by atoms with Crippen LogP contribution in [0.4, 0.5) is 0 Å². The fourth-order valence-electron chi connectivity index (χ4n) is 2.62. The van der Waals surface area contributed by atoms with Crippen molar-refractivity contribution in [2.24, 2.45) is 0 Å². The zero-order valence-corrected chi connectivity index (χ0v) is 11.7. The molecule has 0 spiro atoms. The van der Waals surface area contributed by atoms with Crippen LogP contribution in [0.5, 0.6) is 0 Å². The Kier molecular flexibility index (Phi) is 4.37. The number of nitrogens with zero attached hydrogens (tertiary/aromatic N) is 1. The van der Waals surface area contributed by atoms with E-state index in [1.165, 1.54) is 6.20 Å². The van der Waals surface area contributed by atoms with E-state index in [4.69, 9.17) is 0 Å². The standard InChI is InChI=1S/C15H20N2O3/c1-11-6-7-12(10-16-11)13(18)17-15(14(19)20)8-4-2-3-5-9-15/h6-7,10H,2-5,8-9H2,1H3,(H,17,18)(H,19,20). The molecule has 1 aliphatic rings. The average molecular weight is 276 g/mol. The molecular weight excluding hydrogens is 256 g/mol.